The molecule has 0 aliphatic heterocycles. The maximum Gasteiger partial charge on any atom is 0.227 e. The van der Waals surface area contributed by atoms with E-state index in [1.165, 1.54) is 0 Å². The fourth-order valence-corrected chi connectivity index (χ4v) is 2.98. The van der Waals surface area contributed by atoms with Crippen LogP contribution < -0.4 is 34.3 Å². The lowest BCUT2D eigenvalue weighted by atomic mass is 10.2. The van der Waals surface area contributed by atoms with Gasteiger partial charge in [0, 0.05) is 18.5 Å². The van der Waals surface area contributed by atoms with Crippen LogP contribution in [0.2, 0.25) is 0 Å². The maximum absolute atomic E-state index is 6.17. The third kappa shape index (κ3) is 4.19. The van der Waals surface area contributed by atoms with Crippen molar-refractivity contribution in [3.63, 3.8) is 0 Å². The number of ether oxygens (including phenoxy) is 5. The molecule has 0 unspecified atom stereocenters. The molecule has 9 heteroatoms. The fraction of sp³-hybridized carbons (Fsp3) is 0.333. The number of aromatic nitrogens is 2. The standard InChI is InChI=1S/C21H26N4O5/c1-25(9-10-30-19-15(26-2)7-6-8-16(19)27-3)21-23-14-12-18(29-5)17(28-4)11-13(14)20(22)24-21/h6-8,11-12H,9-10H2,1-5H3,(H2,22,23,24). The molecular weight excluding hydrogens is 388 g/mol. The molecule has 9 nitrogen and oxygen atoms in total. The summed E-state index contributed by atoms with van der Waals surface area (Å²) < 4.78 is 27.3. The minimum Gasteiger partial charge on any atom is -0.493 e. The number of anilines is 2. The van der Waals surface area contributed by atoms with E-state index in [1.54, 1.807) is 40.6 Å². The highest BCUT2D eigenvalue weighted by Gasteiger charge is 2.15. The summed E-state index contributed by atoms with van der Waals surface area (Å²) in [4.78, 5) is 10.9. The van der Waals surface area contributed by atoms with Crippen LogP contribution >= 0.6 is 0 Å². The average Bonchev–Trinajstić information content (AvgIpc) is 2.77. The van der Waals surface area contributed by atoms with E-state index in [0.717, 1.165) is 0 Å². The van der Waals surface area contributed by atoms with Crippen molar-refractivity contribution in [2.24, 2.45) is 0 Å². The number of likely N-dealkylation sites (N-methyl/N-ethyl adjacent to an activating group) is 1. The second kappa shape index (κ2) is 9.25. The third-order valence-corrected chi connectivity index (χ3v) is 4.62. The fourth-order valence-electron chi connectivity index (χ4n) is 2.98. The van der Waals surface area contributed by atoms with Gasteiger partial charge in [0.05, 0.1) is 40.5 Å². The Kier molecular flexibility index (Phi) is 6.51. The smallest absolute Gasteiger partial charge is 0.227 e. The van der Waals surface area contributed by atoms with E-state index in [9.17, 15) is 0 Å². The number of nitrogens with zero attached hydrogens (tertiary/aromatic N) is 3. The zero-order valence-electron chi connectivity index (χ0n) is 17.8. The van der Waals surface area contributed by atoms with Crippen LogP contribution in [0.3, 0.4) is 0 Å². The first-order valence-electron chi connectivity index (χ1n) is 9.26. The Labute approximate surface area is 175 Å². The van der Waals surface area contributed by atoms with Gasteiger partial charge in [0.2, 0.25) is 11.7 Å². The summed E-state index contributed by atoms with van der Waals surface area (Å²) in [5.41, 5.74) is 6.83. The zero-order chi connectivity index (χ0) is 21.7. The predicted molar refractivity (Wildman–Crippen MR) is 115 cm³/mol. The lowest BCUT2D eigenvalue weighted by Crippen LogP contribution is -2.26. The van der Waals surface area contributed by atoms with Gasteiger partial charge in [0.25, 0.3) is 0 Å². The van der Waals surface area contributed by atoms with Crippen molar-refractivity contribution in [2.45, 2.75) is 0 Å². The molecular formula is C21H26N4O5. The van der Waals surface area contributed by atoms with Crippen molar-refractivity contribution in [3.8, 4) is 28.7 Å². The van der Waals surface area contributed by atoms with Crippen molar-refractivity contribution in [1.29, 1.82) is 0 Å². The van der Waals surface area contributed by atoms with Gasteiger partial charge in [-0.15, -0.1) is 0 Å². The van der Waals surface area contributed by atoms with E-state index >= 15 is 0 Å². The Balaban J connectivity index is 1.78. The molecule has 3 rings (SSSR count). The number of hydrogen-bond donors (Lipinski definition) is 1. The lowest BCUT2D eigenvalue weighted by Gasteiger charge is -2.20. The molecule has 1 heterocycles. The summed E-state index contributed by atoms with van der Waals surface area (Å²) in [5, 5.41) is 0.694. The largest absolute Gasteiger partial charge is 0.493 e. The van der Waals surface area contributed by atoms with Gasteiger partial charge < -0.3 is 34.3 Å². The molecule has 0 saturated heterocycles. The molecule has 0 amide bonds. The van der Waals surface area contributed by atoms with Gasteiger partial charge >= 0.3 is 0 Å². The van der Waals surface area contributed by atoms with Crippen LogP contribution in [0.15, 0.2) is 30.3 Å². The summed E-state index contributed by atoms with van der Waals surface area (Å²) in [5.74, 6) is 3.72. The van der Waals surface area contributed by atoms with Crippen molar-refractivity contribution >= 4 is 22.7 Å². The highest BCUT2D eigenvalue weighted by molar-refractivity contribution is 5.91. The summed E-state index contributed by atoms with van der Waals surface area (Å²) in [7, 11) is 8.18. The van der Waals surface area contributed by atoms with Gasteiger partial charge in [-0.05, 0) is 18.2 Å². The molecule has 160 valence electrons. The molecule has 0 atom stereocenters. The molecule has 0 bridgehead atoms. The van der Waals surface area contributed by atoms with E-state index in [2.05, 4.69) is 9.97 Å². The van der Waals surface area contributed by atoms with Gasteiger partial charge in [-0.2, -0.15) is 4.98 Å². The Morgan fingerprint density at radius 3 is 2.07 bits per heavy atom. The van der Waals surface area contributed by atoms with Crippen molar-refractivity contribution < 1.29 is 23.7 Å². The quantitative estimate of drug-likeness (QED) is 0.566. The minimum atomic E-state index is 0.357. The van der Waals surface area contributed by atoms with Gasteiger partial charge in [0.15, 0.2) is 23.0 Å². The van der Waals surface area contributed by atoms with Gasteiger partial charge in [-0.1, -0.05) is 6.07 Å². The maximum atomic E-state index is 6.17. The summed E-state index contributed by atoms with van der Waals surface area (Å²) in [6.07, 6.45) is 0. The number of para-hydroxylation sites is 1. The molecule has 30 heavy (non-hydrogen) atoms. The van der Waals surface area contributed by atoms with Crippen LogP contribution in [-0.2, 0) is 0 Å². The molecule has 0 spiro atoms. The summed E-state index contributed by atoms with van der Waals surface area (Å²) in [6.45, 7) is 0.875. The van der Waals surface area contributed by atoms with Gasteiger partial charge in [-0.3, -0.25) is 0 Å². The molecule has 0 saturated carbocycles. The highest BCUT2D eigenvalue weighted by atomic mass is 16.5. The molecule has 0 radical (unpaired) electrons. The highest BCUT2D eigenvalue weighted by Crippen LogP contribution is 2.37. The molecule has 2 N–H and O–H groups in total. The van der Waals surface area contributed by atoms with E-state index in [-0.39, 0.29) is 0 Å². The van der Waals surface area contributed by atoms with E-state index < -0.39 is 0 Å². The first-order chi connectivity index (χ1) is 14.5. The number of methoxy groups -OCH3 is 4. The first kappa shape index (κ1) is 21.1. The molecule has 3 aromatic rings. The van der Waals surface area contributed by atoms with E-state index in [0.29, 0.717) is 64.6 Å². The first-order valence-corrected chi connectivity index (χ1v) is 9.26. The predicted octanol–water partition coefficient (Wildman–Crippen LogP) is 2.76. The van der Waals surface area contributed by atoms with Crippen molar-refractivity contribution in [3.05, 3.63) is 30.3 Å². The van der Waals surface area contributed by atoms with Crippen molar-refractivity contribution in [1.82, 2.24) is 9.97 Å². The summed E-state index contributed by atoms with van der Waals surface area (Å²) in [6, 6.07) is 9.02. The van der Waals surface area contributed by atoms with Crippen molar-refractivity contribution in [2.75, 3.05) is 59.3 Å². The second-order valence-corrected chi connectivity index (χ2v) is 6.39. The van der Waals surface area contributed by atoms with Crippen LogP contribution in [0.1, 0.15) is 0 Å². The monoisotopic (exact) mass is 414 g/mol. The van der Waals surface area contributed by atoms with Gasteiger partial charge in [-0.25, -0.2) is 4.98 Å². The van der Waals surface area contributed by atoms with Crippen LogP contribution in [0, 0.1) is 0 Å². The normalized spacial score (nSPS) is 10.6. The number of rotatable bonds is 9. The molecule has 0 aliphatic carbocycles. The topological polar surface area (TPSA) is 101 Å². The zero-order valence-corrected chi connectivity index (χ0v) is 17.8. The Hall–Kier alpha value is -3.62. The number of hydrogen-bond acceptors (Lipinski definition) is 9. The SMILES string of the molecule is COc1cc2nc(N(C)CCOc3c(OC)cccc3OC)nc(N)c2cc1OC. The van der Waals surface area contributed by atoms with Gasteiger partial charge in [0.1, 0.15) is 12.4 Å². The number of nitrogen functional groups attached to an aromatic ring is 1. The van der Waals surface area contributed by atoms with Crippen LogP contribution in [0.25, 0.3) is 10.9 Å². The average molecular weight is 414 g/mol. The Morgan fingerprint density at radius 2 is 1.47 bits per heavy atom. The molecule has 0 aliphatic rings. The third-order valence-electron chi connectivity index (χ3n) is 4.62. The van der Waals surface area contributed by atoms with Crippen LogP contribution in [-0.4, -0.2) is 58.6 Å². The molecule has 0 fully saturated rings. The molecule has 2 aromatic carbocycles. The van der Waals surface area contributed by atoms with Crippen LogP contribution in [0.5, 0.6) is 28.7 Å². The Morgan fingerprint density at radius 1 is 0.867 bits per heavy atom. The number of benzene rings is 2. The summed E-state index contributed by atoms with van der Waals surface area (Å²) >= 11 is 0. The van der Waals surface area contributed by atoms with E-state index in [4.69, 9.17) is 29.4 Å². The van der Waals surface area contributed by atoms with E-state index in [1.807, 2.05) is 30.1 Å². The minimum absolute atomic E-state index is 0.357. The number of fused-ring (bicyclic) bond motifs is 1. The van der Waals surface area contributed by atoms with Crippen LogP contribution in [0.4, 0.5) is 11.8 Å². The number of nitrogens with two attached hydrogens (primary N) is 1. The Bertz CT molecular complexity index is 1010. The lowest BCUT2D eigenvalue weighted by molar-refractivity contribution is 0.280. The second-order valence-electron chi connectivity index (χ2n) is 6.39. The molecule has 1 aromatic heterocycles.